The van der Waals surface area contributed by atoms with Crippen molar-refractivity contribution in [3.8, 4) is 11.5 Å². The van der Waals surface area contributed by atoms with Gasteiger partial charge in [-0.1, -0.05) is 11.3 Å². The summed E-state index contributed by atoms with van der Waals surface area (Å²) in [4.78, 5) is 12.4. The Morgan fingerprint density at radius 2 is 2.17 bits per heavy atom. The summed E-state index contributed by atoms with van der Waals surface area (Å²) in [5.74, 6) is 0.822. The van der Waals surface area contributed by atoms with Gasteiger partial charge in [0.25, 0.3) is 5.91 Å². The SMILES string of the molecule is COc1ccc(C(=O)N[C@H](C)c2nnc(N)s2)cc1OCCCN. The van der Waals surface area contributed by atoms with E-state index < -0.39 is 0 Å². The molecule has 5 N–H and O–H groups in total. The van der Waals surface area contributed by atoms with Crippen molar-refractivity contribution >= 4 is 22.4 Å². The van der Waals surface area contributed by atoms with E-state index in [0.717, 1.165) is 6.42 Å². The van der Waals surface area contributed by atoms with E-state index in [9.17, 15) is 4.79 Å². The predicted octanol–water partition coefficient (Wildman–Crippen LogP) is 1.35. The largest absolute Gasteiger partial charge is 0.493 e. The van der Waals surface area contributed by atoms with Crippen molar-refractivity contribution in [1.82, 2.24) is 15.5 Å². The molecule has 24 heavy (non-hydrogen) atoms. The molecule has 2 aromatic rings. The minimum Gasteiger partial charge on any atom is -0.493 e. The van der Waals surface area contributed by atoms with Crippen LogP contribution in [0.25, 0.3) is 0 Å². The lowest BCUT2D eigenvalue weighted by atomic mass is 10.1. The number of amides is 1. The number of aromatic nitrogens is 2. The number of hydrogen-bond donors (Lipinski definition) is 3. The maximum Gasteiger partial charge on any atom is 0.251 e. The minimum atomic E-state index is -0.295. The number of methoxy groups -OCH3 is 1. The Hall–Kier alpha value is -2.39. The number of nitrogens with one attached hydrogen (secondary N) is 1. The maximum atomic E-state index is 12.4. The molecule has 2 rings (SSSR count). The molecule has 1 heterocycles. The van der Waals surface area contributed by atoms with Crippen LogP contribution in [0.1, 0.15) is 34.8 Å². The lowest BCUT2D eigenvalue weighted by molar-refractivity contribution is 0.0939. The number of carbonyl (C=O) groups excluding carboxylic acids is 1. The van der Waals surface area contributed by atoms with Crippen molar-refractivity contribution < 1.29 is 14.3 Å². The third-order valence-corrected chi connectivity index (χ3v) is 4.14. The van der Waals surface area contributed by atoms with Crippen LogP contribution >= 0.6 is 11.3 Å². The Bertz CT molecular complexity index is 691. The van der Waals surface area contributed by atoms with Crippen molar-refractivity contribution in [2.24, 2.45) is 5.73 Å². The molecule has 0 radical (unpaired) electrons. The zero-order valence-corrected chi connectivity index (χ0v) is 14.4. The highest BCUT2D eigenvalue weighted by atomic mass is 32.1. The van der Waals surface area contributed by atoms with Crippen LogP contribution in [0.3, 0.4) is 0 Å². The van der Waals surface area contributed by atoms with Gasteiger partial charge in [-0.3, -0.25) is 4.79 Å². The fourth-order valence-corrected chi connectivity index (χ4v) is 2.57. The van der Waals surface area contributed by atoms with Crippen molar-refractivity contribution in [2.45, 2.75) is 19.4 Å². The monoisotopic (exact) mass is 351 g/mol. The third kappa shape index (κ3) is 4.56. The molecule has 9 heteroatoms. The minimum absolute atomic E-state index is 0.248. The van der Waals surface area contributed by atoms with E-state index in [4.69, 9.17) is 20.9 Å². The Labute approximate surface area is 144 Å². The summed E-state index contributed by atoms with van der Waals surface area (Å²) in [5, 5.41) is 11.5. The molecule has 1 amide bonds. The highest BCUT2D eigenvalue weighted by Gasteiger charge is 2.17. The van der Waals surface area contributed by atoms with Crippen LogP contribution in [-0.4, -0.2) is 36.4 Å². The molecule has 0 spiro atoms. The van der Waals surface area contributed by atoms with Crippen molar-refractivity contribution in [3.05, 3.63) is 28.8 Å². The number of nitrogens with two attached hydrogens (primary N) is 2. The Morgan fingerprint density at radius 3 is 2.79 bits per heavy atom. The van der Waals surface area contributed by atoms with Crippen LogP contribution in [0.5, 0.6) is 11.5 Å². The zero-order chi connectivity index (χ0) is 17.5. The van der Waals surface area contributed by atoms with Gasteiger partial charge in [-0.05, 0) is 38.1 Å². The molecule has 0 fully saturated rings. The first-order valence-electron chi connectivity index (χ1n) is 7.45. The van der Waals surface area contributed by atoms with Gasteiger partial charge in [0.1, 0.15) is 5.01 Å². The first-order valence-corrected chi connectivity index (χ1v) is 8.27. The van der Waals surface area contributed by atoms with E-state index >= 15 is 0 Å². The molecule has 1 atom stereocenters. The molecule has 0 saturated heterocycles. The third-order valence-electron chi connectivity index (χ3n) is 3.21. The standard InChI is InChI=1S/C15H21N5O3S/c1-9(14-19-20-15(17)24-14)18-13(21)10-4-5-11(22-2)12(8-10)23-7-3-6-16/h4-5,8-9H,3,6-7,16H2,1-2H3,(H2,17,20)(H,18,21)/t9-/m1/s1. The van der Waals surface area contributed by atoms with Crippen molar-refractivity contribution in [3.63, 3.8) is 0 Å². The molecule has 0 bridgehead atoms. The van der Waals surface area contributed by atoms with E-state index in [2.05, 4.69) is 15.5 Å². The Kier molecular flexibility index (Phi) is 6.33. The van der Waals surface area contributed by atoms with Gasteiger partial charge >= 0.3 is 0 Å². The molecule has 0 aliphatic heterocycles. The summed E-state index contributed by atoms with van der Waals surface area (Å²) in [6.07, 6.45) is 0.717. The summed E-state index contributed by atoms with van der Waals surface area (Å²) >= 11 is 1.24. The maximum absolute atomic E-state index is 12.4. The fourth-order valence-electron chi connectivity index (χ4n) is 1.96. The lowest BCUT2D eigenvalue weighted by Gasteiger charge is -2.14. The average molecular weight is 351 g/mol. The van der Waals surface area contributed by atoms with Crippen LogP contribution in [-0.2, 0) is 0 Å². The van der Waals surface area contributed by atoms with Gasteiger partial charge in [-0.15, -0.1) is 10.2 Å². The van der Waals surface area contributed by atoms with E-state index in [1.807, 2.05) is 6.92 Å². The number of rotatable bonds is 8. The van der Waals surface area contributed by atoms with Crippen LogP contribution in [0.2, 0.25) is 0 Å². The Balaban J connectivity index is 2.09. The fraction of sp³-hybridized carbons (Fsp3) is 0.400. The topological polar surface area (TPSA) is 125 Å². The molecular formula is C15H21N5O3S. The van der Waals surface area contributed by atoms with Crippen LogP contribution in [0.15, 0.2) is 18.2 Å². The van der Waals surface area contributed by atoms with E-state index in [0.29, 0.717) is 40.4 Å². The number of nitrogens with zero attached hydrogens (tertiary/aromatic N) is 2. The molecule has 130 valence electrons. The molecule has 0 aliphatic carbocycles. The highest BCUT2D eigenvalue weighted by Crippen LogP contribution is 2.28. The predicted molar refractivity (Wildman–Crippen MR) is 92.4 cm³/mol. The van der Waals surface area contributed by atoms with Gasteiger partial charge < -0.3 is 26.3 Å². The van der Waals surface area contributed by atoms with E-state index in [1.165, 1.54) is 11.3 Å². The lowest BCUT2D eigenvalue weighted by Crippen LogP contribution is -2.26. The zero-order valence-electron chi connectivity index (χ0n) is 13.6. The number of ether oxygens (including phenoxy) is 2. The molecule has 8 nitrogen and oxygen atoms in total. The number of anilines is 1. The molecule has 0 aliphatic rings. The average Bonchev–Trinajstić information content (AvgIpc) is 3.01. The van der Waals surface area contributed by atoms with Gasteiger partial charge in [0, 0.05) is 5.56 Å². The quantitative estimate of drug-likeness (QED) is 0.613. The smallest absolute Gasteiger partial charge is 0.251 e. The van der Waals surface area contributed by atoms with Crippen LogP contribution < -0.4 is 26.3 Å². The first-order chi connectivity index (χ1) is 11.5. The first kappa shape index (κ1) is 18.0. The van der Waals surface area contributed by atoms with Crippen LogP contribution in [0, 0.1) is 0 Å². The van der Waals surface area contributed by atoms with Crippen LogP contribution in [0.4, 0.5) is 5.13 Å². The summed E-state index contributed by atoms with van der Waals surface area (Å²) < 4.78 is 10.9. The van der Waals surface area contributed by atoms with Gasteiger partial charge in [-0.2, -0.15) is 0 Å². The van der Waals surface area contributed by atoms with E-state index in [-0.39, 0.29) is 11.9 Å². The summed E-state index contributed by atoms with van der Waals surface area (Å²) in [7, 11) is 1.55. The normalized spacial score (nSPS) is 11.8. The summed E-state index contributed by atoms with van der Waals surface area (Å²) in [5.41, 5.74) is 11.5. The number of benzene rings is 1. The second-order valence-corrected chi connectivity index (χ2v) is 6.07. The summed E-state index contributed by atoms with van der Waals surface area (Å²) in [6, 6.07) is 4.72. The molecule has 1 aromatic carbocycles. The van der Waals surface area contributed by atoms with E-state index in [1.54, 1.807) is 25.3 Å². The summed E-state index contributed by atoms with van der Waals surface area (Å²) in [6.45, 7) is 2.81. The second-order valence-electron chi connectivity index (χ2n) is 5.03. The second kappa shape index (κ2) is 8.46. The van der Waals surface area contributed by atoms with Crippen molar-refractivity contribution in [1.29, 1.82) is 0 Å². The van der Waals surface area contributed by atoms with Gasteiger partial charge in [0.05, 0.1) is 19.8 Å². The molecule has 0 saturated carbocycles. The van der Waals surface area contributed by atoms with Crippen molar-refractivity contribution in [2.75, 3.05) is 26.0 Å². The highest BCUT2D eigenvalue weighted by molar-refractivity contribution is 7.15. The molecular weight excluding hydrogens is 330 g/mol. The Morgan fingerprint density at radius 1 is 1.38 bits per heavy atom. The van der Waals surface area contributed by atoms with Gasteiger partial charge in [-0.25, -0.2) is 0 Å². The van der Waals surface area contributed by atoms with Gasteiger partial charge in [0.15, 0.2) is 11.5 Å². The number of hydrogen-bond acceptors (Lipinski definition) is 8. The van der Waals surface area contributed by atoms with Gasteiger partial charge in [0.2, 0.25) is 5.13 Å². The molecule has 0 unspecified atom stereocenters. The molecule has 1 aromatic heterocycles. The number of carbonyl (C=O) groups is 1. The number of nitrogen functional groups attached to an aromatic ring is 1.